The summed E-state index contributed by atoms with van der Waals surface area (Å²) in [4.78, 5) is 45.2. The molecule has 0 aromatic rings. The highest BCUT2D eigenvalue weighted by Crippen LogP contribution is 2.62. The van der Waals surface area contributed by atoms with Crippen molar-refractivity contribution in [2.45, 2.75) is 45.4 Å². The summed E-state index contributed by atoms with van der Waals surface area (Å²) in [5.41, 5.74) is 0.0680. The lowest BCUT2D eigenvalue weighted by molar-refractivity contribution is -0.156. The topological polar surface area (TPSA) is 86.7 Å². The third-order valence-corrected chi connectivity index (χ3v) is 7.82. The van der Waals surface area contributed by atoms with Gasteiger partial charge in [0.1, 0.15) is 0 Å². The number of hydrogen-bond donors (Lipinski definition) is 0. The molecule has 134 valence electrons. The predicted molar refractivity (Wildman–Crippen MR) is 82.4 cm³/mol. The van der Waals surface area contributed by atoms with Gasteiger partial charge in [0.25, 0.3) is 0 Å². The highest BCUT2D eigenvalue weighted by atomic mass is 16.6. The molecule has 25 heavy (non-hydrogen) atoms. The lowest BCUT2D eigenvalue weighted by Crippen LogP contribution is -2.30. The molecule has 8 unspecified atom stereocenters. The Bertz CT molecular complexity index is 672. The average molecular weight is 346 g/mol. The molecule has 6 fully saturated rings. The number of carbonyl (C=O) groups is 4. The van der Waals surface area contributed by atoms with Gasteiger partial charge in [0.05, 0.1) is 23.7 Å². The standard InChI is InChI=1S/C10H12O3.C9H10O3/c1-10-3-2-5(4-10)6-7(10)9(12)13-8(6)11;10-8-6-4-1-2-5(3-4)7(6)9(11)12-8/h5-7H,2-4H2,1H3;4-7H,1-3H2. The first-order valence-corrected chi connectivity index (χ1v) is 9.40. The van der Waals surface area contributed by atoms with Gasteiger partial charge >= 0.3 is 23.9 Å². The molecule has 4 saturated carbocycles. The van der Waals surface area contributed by atoms with Crippen molar-refractivity contribution >= 4 is 23.9 Å². The van der Waals surface area contributed by atoms with Crippen molar-refractivity contribution in [3.8, 4) is 0 Å². The van der Waals surface area contributed by atoms with Crippen LogP contribution in [0.4, 0.5) is 0 Å². The largest absolute Gasteiger partial charge is 0.393 e. The molecule has 4 bridgehead atoms. The first-order valence-electron chi connectivity index (χ1n) is 9.40. The third kappa shape index (κ3) is 1.97. The zero-order valence-corrected chi connectivity index (χ0v) is 14.2. The fourth-order valence-corrected chi connectivity index (χ4v) is 6.81. The molecule has 2 aliphatic heterocycles. The Morgan fingerprint density at radius 1 is 0.760 bits per heavy atom. The van der Waals surface area contributed by atoms with E-state index >= 15 is 0 Å². The van der Waals surface area contributed by atoms with E-state index in [4.69, 9.17) is 4.74 Å². The maximum absolute atomic E-state index is 11.4. The molecule has 6 aliphatic rings. The van der Waals surface area contributed by atoms with Crippen LogP contribution in [0.25, 0.3) is 0 Å². The quantitative estimate of drug-likeness (QED) is 0.491. The van der Waals surface area contributed by atoms with Crippen LogP contribution >= 0.6 is 0 Å². The summed E-state index contributed by atoms with van der Waals surface area (Å²) in [5.74, 6) is -0.0122. The lowest BCUT2D eigenvalue weighted by Gasteiger charge is -2.27. The van der Waals surface area contributed by atoms with Crippen LogP contribution < -0.4 is 0 Å². The highest BCUT2D eigenvalue weighted by molar-refractivity contribution is 5.98. The van der Waals surface area contributed by atoms with Crippen LogP contribution in [0.15, 0.2) is 0 Å². The van der Waals surface area contributed by atoms with Crippen LogP contribution in [0.5, 0.6) is 0 Å². The van der Waals surface area contributed by atoms with Gasteiger partial charge in [0.15, 0.2) is 0 Å². The van der Waals surface area contributed by atoms with E-state index in [0.717, 1.165) is 38.5 Å². The second-order valence-corrected chi connectivity index (χ2v) is 9.03. The van der Waals surface area contributed by atoms with E-state index in [2.05, 4.69) is 11.7 Å². The first-order chi connectivity index (χ1) is 11.9. The van der Waals surface area contributed by atoms with Gasteiger partial charge in [0, 0.05) is 0 Å². The monoisotopic (exact) mass is 346 g/mol. The van der Waals surface area contributed by atoms with Crippen LogP contribution in [0, 0.1) is 46.8 Å². The zero-order chi connectivity index (χ0) is 17.5. The van der Waals surface area contributed by atoms with Crippen molar-refractivity contribution in [1.29, 1.82) is 0 Å². The Labute approximate surface area is 145 Å². The average Bonchev–Trinajstić information content (AvgIpc) is 3.33. The minimum atomic E-state index is -0.264. The van der Waals surface area contributed by atoms with Gasteiger partial charge in [-0.05, 0) is 61.7 Å². The Hall–Kier alpha value is -1.72. The number of carbonyl (C=O) groups excluding carboxylic acids is 4. The molecule has 6 heteroatoms. The van der Waals surface area contributed by atoms with Crippen LogP contribution in [0.1, 0.15) is 45.4 Å². The molecule has 2 heterocycles. The maximum atomic E-state index is 11.4. The summed E-state index contributed by atoms with van der Waals surface area (Å²) >= 11 is 0. The van der Waals surface area contributed by atoms with Crippen LogP contribution in [0.2, 0.25) is 0 Å². The number of ether oxygens (including phenoxy) is 2. The lowest BCUT2D eigenvalue weighted by atomic mass is 9.73. The summed E-state index contributed by atoms with van der Waals surface area (Å²) < 4.78 is 9.33. The molecule has 0 aromatic carbocycles. The number of hydrogen-bond acceptors (Lipinski definition) is 6. The highest BCUT2D eigenvalue weighted by Gasteiger charge is 2.65. The third-order valence-electron chi connectivity index (χ3n) is 7.82. The Kier molecular flexibility index (Phi) is 3.06. The van der Waals surface area contributed by atoms with E-state index in [9.17, 15) is 19.2 Å². The SMILES string of the molecule is CC12CCC(C1)C1C(=O)OC(=O)C12.O=C1OC(=O)C2C3CCC(C3)C12. The van der Waals surface area contributed by atoms with E-state index < -0.39 is 0 Å². The van der Waals surface area contributed by atoms with Gasteiger partial charge < -0.3 is 9.47 Å². The van der Waals surface area contributed by atoms with Gasteiger partial charge in [-0.1, -0.05) is 6.92 Å². The smallest absolute Gasteiger partial charge is 0.318 e. The second-order valence-electron chi connectivity index (χ2n) is 9.03. The molecule has 6 nitrogen and oxygen atoms in total. The fraction of sp³-hybridized carbons (Fsp3) is 0.789. The molecule has 4 aliphatic carbocycles. The summed E-state index contributed by atoms with van der Waals surface area (Å²) in [5, 5.41) is 0. The molecule has 0 N–H and O–H groups in total. The van der Waals surface area contributed by atoms with Crippen molar-refractivity contribution in [2.24, 2.45) is 46.8 Å². The number of fused-ring (bicyclic) bond motifs is 10. The van der Waals surface area contributed by atoms with Gasteiger partial charge in [-0.15, -0.1) is 0 Å². The minimum Gasteiger partial charge on any atom is -0.393 e. The van der Waals surface area contributed by atoms with Crippen molar-refractivity contribution in [3.05, 3.63) is 0 Å². The Morgan fingerprint density at radius 3 is 1.92 bits per heavy atom. The molecule has 0 amide bonds. The van der Waals surface area contributed by atoms with Crippen LogP contribution in [-0.4, -0.2) is 23.9 Å². The summed E-state index contributed by atoms with van der Waals surface area (Å²) in [7, 11) is 0. The molecule has 0 spiro atoms. The van der Waals surface area contributed by atoms with E-state index in [-0.39, 0.29) is 53.0 Å². The number of cyclic esters (lactones) is 4. The van der Waals surface area contributed by atoms with Crippen molar-refractivity contribution in [3.63, 3.8) is 0 Å². The first kappa shape index (κ1) is 15.5. The van der Waals surface area contributed by atoms with E-state index in [1.165, 1.54) is 0 Å². The summed E-state index contributed by atoms with van der Waals surface area (Å²) in [6.45, 7) is 2.12. The van der Waals surface area contributed by atoms with Gasteiger partial charge in [-0.3, -0.25) is 19.2 Å². The number of rotatable bonds is 0. The number of esters is 4. The molecular formula is C19H22O6. The zero-order valence-electron chi connectivity index (χ0n) is 14.2. The fourth-order valence-electron chi connectivity index (χ4n) is 6.81. The molecule has 0 aromatic heterocycles. The van der Waals surface area contributed by atoms with Gasteiger partial charge in [-0.25, -0.2) is 0 Å². The Morgan fingerprint density at radius 2 is 1.32 bits per heavy atom. The molecule has 6 rings (SSSR count). The van der Waals surface area contributed by atoms with Gasteiger partial charge in [0.2, 0.25) is 0 Å². The maximum Gasteiger partial charge on any atom is 0.318 e. The molecule has 0 radical (unpaired) electrons. The van der Waals surface area contributed by atoms with E-state index in [0.29, 0.717) is 17.8 Å². The minimum absolute atomic E-state index is 0.0590. The summed E-state index contributed by atoms with van der Waals surface area (Å²) in [6, 6.07) is 0. The van der Waals surface area contributed by atoms with Crippen LogP contribution in [0.3, 0.4) is 0 Å². The van der Waals surface area contributed by atoms with Gasteiger partial charge in [-0.2, -0.15) is 0 Å². The predicted octanol–water partition coefficient (Wildman–Crippen LogP) is 1.85. The molecule has 8 atom stereocenters. The normalized spacial score (nSPS) is 51.2. The Balaban J connectivity index is 0.000000112. The van der Waals surface area contributed by atoms with E-state index in [1.54, 1.807) is 0 Å². The van der Waals surface area contributed by atoms with E-state index in [1.807, 2.05) is 0 Å². The molecular weight excluding hydrogens is 324 g/mol. The van der Waals surface area contributed by atoms with Crippen molar-refractivity contribution < 1.29 is 28.7 Å². The van der Waals surface area contributed by atoms with Crippen molar-refractivity contribution in [2.75, 3.05) is 0 Å². The summed E-state index contributed by atoms with van der Waals surface area (Å²) in [6.07, 6.45) is 6.54. The second kappa shape index (κ2) is 4.92. The van der Waals surface area contributed by atoms with Crippen LogP contribution in [-0.2, 0) is 28.7 Å². The molecule has 2 saturated heterocycles. The van der Waals surface area contributed by atoms with Crippen molar-refractivity contribution in [1.82, 2.24) is 0 Å².